The fourth-order valence-electron chi connectivity index (χ4n) is 2.97. The maximum atomic E-state index is 13.5. The molecule has 0 aliphatic carbocycles. The number of carbonyl (C=O) groups is 1. The van der Waals surface area contributed by atoms with Crippen LogP contribution in [0.15, 0.2) is 41.3 Å². The first kappa shape index (κ1) is 15.9. The summed E-state index contributed by atoms with van der Waals surface area (Å²) in [5.41, 5.74) is 0.264. The third-order valence-electron chi connectivity index (χ3n) is 4.17. The first-order valence-corrected chi connectivity index (χ1v) is 9.16. The topological polar surface area (TPSA) is 72.9 Å². The van der Waals surface area contributed by atoms with Crippen molar-refractivity contribution < 1.29 is 27.1 Å². The molecular formula is C17H14FNO5S. The number of halogens is 1. The molecule has 0 saturated heterocycles. The Balaban J connectivity index is 1.79. The van der Waals surface area contributed by atoms with E-state index in [1.54, 1.807) is 6.07 Å². The standard InChI is InChI=1S/C17H14FNO5S/c18-11-1-3-14-13(9-11)15(20)5-6-19(14)25(21,22)12-2-4-16-17(10-12)24-8-7-23-16/h1-4,9-10H,5-8H2. The van der Waals surface area contributed by atoms with Crippen molar-refractivity contribution in [3.8, 4) is 11.5 Å². The molecule has 0 unspecified atom stereocenters. The minimum Gasteiger partial charge on any atom is -0.486 e. The highest BCUT2D eigenvalue weighted by Crippen LogP contribution is 2.36. The minimum atomic E-state index is -3.92. The summed E-state index contributed by atoms with van der Waals surface area (Å²) in [6.45, 7) is 0.761. The Morgan fingerprint density at radius 3 is 2.56 bits per heavy atom. The molecule has 2 aliphatic rings. The van der Waals surface area contributed by atoms with Gasteiger partial charge in [-0.2, -0.15) is 0 Å². The van der Waals surface area contributed by atoms with Crippen LogP contribution in [-0.2, 0) is 10.0 Å². The molecular weight excluding hydrogens is 349 g/mol. The number of hydrogen-bond donors (Lipinski definition) is 0. The number of sulfonamides is 1. The number of anilines is 1. The average Bonchev–Trinajstić information content (AvgIpc) is 2.62. The predicted molar refractivity (Wildman–Crippen MR) is 87.3 cm³/mol. The summed E-state index contributed by atoms with van der Waals surface area (Å²) in [6, 6.07) is 7.91. The van der Waals surface area contributed by atoms with Crippen molar-refractivity contribution in [2.45, 2.75) is 11.3 Å². The summed E-state index contributed by atoms with van der Waals surface area (Å²) in [4.78, 5) is 12.0. The summed E-state index contributed by atoms with van der Waals surface area (Å²) in [6.07, 6.45) is 0.000233. The molecule has 2 heterocycles. The maximum absolute atomic E-state index is 13.5. The average molecular weight is 363 g/mol. The van der Waals surface area contributed by atoms with E-state index >= 15 is 0 Å². The second-order valence-corrected chi connectivity index (χ2v) is 7.58. The molecule has 0 amide bonds. The maximum Gasteiger partial charge on any atom is 0.264 e. The summed E-state index contributed by atoms with van der Waals surface area (Å²) >= 11 is 0. The summed E-state index contributed by atoms with van der Waals surface area (Å²) < 4.78 is 51.5. The van der Waals surface area contributed by atoms with Crippen LogP contribution < -0.4 is 13.8 Å². The quantitative estimate of drug-likeness (QED) is 0.819. The van der Waals surface area contributed by atoms with E-state index in [4.69, 9.17) is 9.47 Å². The van der Waals surface area contributed by atoms with Gasteiger partial charge in [-0.1, -0.05) is 0 Å². The molecule has 6 nitrogen and oxygen atoms in total. The number of Topliss-reactive ketones (excluding diaryl/α,β-unsaturated/α-hetero) is 1. The molecule has 2 aliphatic heterocycles. The number of rotatable bonds is 2. The van der Waals surface area contributed by atoms with E-state index in [-0.39, 0.29) is 34.9 Å². The van der Waals surface area contributed by atoms with Crippen molar-refractivity contribution in [1.29, 1.82) is 0 Å². The van der Waals surface area contributed by atoms with Gasteiger partial charge in [0.1, 0.15) is 19.0 Å². The van der Waals surface area contributed by atoms with E-state index in [9.17, 15) is 17.6 Å². The van der Waals surface area contributed by atoms with Crippen LogP contribution in [0.5, 0.6) is 11.5 Å². The van der Waals surface area contributed by atoms with E-state index in [0.717, 1.165) is 16.4 Å². The Morgan fingerprint density at radius 2 is 1.76 bits per heavy atom. The molecule has 8 heteroatoms. The van der Waals surface area contributed by atoms with E-state index in [1.165, 1.54) is 18.2 Å². The Labute approximate surface area is 143 Å². The van der Waals surface area contributed by atoms with Crippen LogP contribution in [0.25, 0.3) is 0 Å². The van der Waals surface area contributed by atoms with Crippen LogP contribution in [0.2, 0.25) is 0 Å². The molecule has 0 N–H and O–H groups in total. The molecule has 0 saturated carbocycles. The molecule has 0 fully saturated rings. The zero-order valence-corrected chi connectivity index (χ0v) is 13.9. The number of benzene rings is 2. The zero-order chi connectivity index (χ0) is 17.6. The van der Waals surface area contributed by atoms with Gasteiger partial charge >= 0.3 is 0 Å². The van der Waals surface area contributed by atoms with Crippen molar-refractivity contribution in [3.63, 3.8) is 0 Å². The lowest BCUT2D eigenvalue weighted by molar-refractivity contribution is 0.0981. The summed E-state index contributed by atoms with van der Waals surface area (Å²) in [5, 5.41) is 0. The largest absolute Gasteiger partial charge is 0.486 e. The third kappa shape index (κ3) is 2.62. The SMILES string of the molecule is O=C1CCN(S(=O)(=O)c2ccc3c(c2)OCCO3)c2ccc(F)cc21. The predicted octanol–water partition coefficient (Wildman–Crippen LogP) is 2.38. The molecule has 25 heavy (non-hydrogen) atoms. The number of nitrogens with zero attached hydrogens (tertiary/aromatic N) is 1. The van der Waals surface area contributed by atoms with Crippen molar-refractivity contribution >= 4 is 21.5 Å². The number of fused-ring (bicyclic) bond motifs is 2. The molecule has 0 atom stereocenters. The van der Waals surface area contributed by atoms with Crippen LogP contribution in [0, 0.1) is 5.82 Å². The van der Waals surface area contributed by atoms with E-state index in [0.29, 0.717) is 24.7 Å². The smallest absolute Gasteiger partial charge is 0.264 e. The van der Waals surface area contributed by atoms with Gasteiger partial charge in [0.05, 0.1) is 10.6 Å². The van der Waals surface area contributed by atoms with Gasteiger partial charge in [-0.05, 0) is 30.3 Å². The Bertz CT molecular complexity index is 973. The van der Waals surface area contributed by atoms with Gasteiger partial charge in [0.15, 0.2) is 17.3 Å². The minimum absolute atomic E-state index is 0.000233. The second kappa shape index (κ2) is 5.73. The molecule has 0 bridgehead atoms. The number of ketones is 1. The van der Waals surface area contributed by atoms with E-state index in [1.807, 2.05) is 0 Å². The summed E-state index contributed by atoms with van der Waals surface area (Å²) in [7, 11) is -3.92. The van der Waals surface area contributed by atoms with Crippen molar-refractivity contribution in [3.05, 3.63) is 47.8 Å². The van der Waals surface area contributed by atoms with Gasteiger partial charge in [0, 0.05) is 24.6 Å². The molecule has 0 aromatic heterocycles. The monoisotopic (exact) mass is 363 g/mol. The first-order chi connectivity index (χ1) is 12.0. The van der Waals surface area contributed by atoms with Crippen molar-refractivity contribution in [2.24, 2.45) is 0 Å². The van der Waals surface area contributed by atoms with Crippen LogP contribution in [0.4, 0.5) is 10.1 Å². The number of carbonyl (C=O) groups excluding carboxylic acids is 1. The van der Waals surface area contributed by atoms with Crippen LogP contribution in [-0.4, -0.2) is 34.0 Å². The van der Waals surface area contributed by atoms with Gasteiger partial charge in [0.25, 0.3) is 10.0 Å². The first-order valence-electron chi connectivity index (χ1n) is 7.72. The molecule has 2 aromatic carbocycles. The lowest BCUT2D eigenvalue weighted by Gasteiger charge is -2.30. The highest BCUT2D eigenvalue weighted by atomic mass is 32.2. The zero-order valence-electron chi connectivity index (χ0n) is 13.1. The second-order valence-electron chi connectivity index (χ2n) is 5.72. The number of ether oxygens (including phenoxy) is 2. The van der Waals surface area contributed by atoms with Gasteiger partial charge in [0.2, 0.25) is 0 Å². The fourth-order valence-corrected chi connectivity index (χ4v) is 4.47. The van der Waals surface area contributed by atoms with Gasteiger partial charge in [-0.15, -0.1) is 0 Å². The normalized spacial score (nSPS) is 16.5. The third-order valence-corrected chi connectivity index (χ3v) is 5.98. The Hall–Kier alpha value is -2.61. The Kier molecular flexibility index (Phi) is 3.64. The lowest BCUT2D eigenvalue weighted by atomic mass is 10.0. The Morgan fingerprint density at radius 1 is 1.00 bits per heavy atom. The van der Waals surface area contributed by atoms with E-state index < -0.39 is 15.8 Å². The van der Waals surface area contributed by atoms with Crippen molar-refractivity contribution in [2.75, 3.05) is 24.1 Å². The van der Waals surface area contributed by atoms with Gasteiger partial charge in [-0.25, -0.2) is 12.8 Å². The highest BCUT2D eigenvalue weighted by Gasteiger charge is 2.33. The summed E-state index contributed by atoms with van der Waals surface area (Å²) in [5.74, 6) is -0.00460. The molecule has 2 aromatic rings. The van der Waals surface area contributed by atoms with Crippen LogP contribution in [0.1, 0.15) is 16.8 Å². The number of hydrogen-bond acceptors (Lipinski definition) is 5. The van der Waals surface area contributed by atoms with E-state index in [2.05, 4.69) is 0 Å². The molecule has 130 valence electrons. The highest BCUT2D eigenvalue weighted by molar-refractivity contribution is 7.92. The van der Waals surface area contributed by atoms with Crippen molar-refractivity contribution in [1.82, 2.24) is 0 Å². The van der Waals surface area contributed by atoms with Gasteiger partial charge in [-0.3, -0.25) is 9.10 Å². The fraction of sp³-hybridized carbons (Fsp3) is 0.235. The molecule has 4 rings (SSSR count). The lowest BCUT2D eigenvalue weighted by Crippen LogP contribution is -2.37. The molecule has 0 radical (unpaired) electrons. The van der Waals surface area contributed by atoms with Crippen LogP contribution in [0.3, 0.4) is 0 Å². The molecule has 0 spiro atoms. The van der Waals surface area contributed by atoms with Gasteiger partial charge < -0.3 is 9.47 Å². The van der Waals surface area contributed by atoms with Crippen LogP contribution >= 0.6 is 0 Å².